The topological polar surface area (TPSA) is 12.5 Å². The van der Waals surface area contributed by atoms with Crippen molar-refractivity contribution in [2.24, 2.45) is 0 Å². The van der Waals surface area contributed by atoms with Crippen LogP contribution < -0.4 is 0 Å². The highest BCUT2D eigenvalue weighted by Crippen LogP contribution is 1.92. The van der Waals surface area contributed by atoms with Crippen molar-refractivity contribution in [1.82, 2.24) is 4.90 Å². The molecule has 1 radical (unpaired) electrons. The Hall–Kier alpha value is -0.0800. The molecule has 0 aromatic carbocycles. The summed E-state index contributed by atoms with van der Waals surface area (Å²) in [7, 11) is 5.53. The number of hydrogen-bond acceptors (Lipinski definition) is 2. The van der Waals surface area contributed by atoms with Gasteiger partial charge in [-0.05, 0) is 13.8 Å². The van der Waals surface area contributed by atoms with E-state index in [4.69, 9.17) is 4.74 Å². The Morgan fingerprint density at radius 1 is 1.56 bits per heavy atom. The lowest BCUT2D eigenvalue weighted by molar-refractivity contribution is 0.156. The lowest BCUT2D eigenvalue weighted by Crippen LogP contribution is -2.27. The Labute approximate surface area is 57.8 Å². The van der Waals surface area contributed by atoms with Crippen molar-refractivity contribution in [3.63, 3.8) is 0 Å². The molecule has 0 aromatic rings. The minimum Gasteiger partial charge on any atom is -0.383 e. The fourth-order valence-electron chi connectivity index (χ4n) is 0.467. The molecule has 55 valence electrons. The van der Waals surface area contributed by atoms with Gasteiger partial charge in [-0.2, -0.15) is 0 Å². The van der Waals surface area contributed by atoms with Crippen molar-refractivity contribution in [2.45, 2.75) is 19.9 Å². The van der Waals surface area contributed by atoms with Crippen LogP contribution in [0.3, 0.4) is 0 Å². The third-order valence-corrected chi connectivity index (χ3v) is 1.31. The van der Waals surface area contributed by atoms with Gasteiger partial charge in [0.25, 0.3) is 0 Å². The van der Waals surface area contributed by atoms with E-state index in [2.05, 4.69) is 20.9 Å². The molecule has 0 saturated heterocycles. The molecule has 0 N–H and O–H groups in total. The molecular weight excluding hydrogens is 114 g/mol. The minimum atomic E-state index is 0.514. The second-order valence-electron chi connectivity index (χ2n) is 2.40. The lowest BCUT2D eigenvalue weighted by Gasteiger charge is -2.19. The van der Waals surface area contributed by atoms with Crippen LogP contribution in [0.15, 0.2) is 0 Å². The maximum Gasteiger partial charge on any atom is 0.0589 e. The van der Waals surface area contributed by atoms with E-state index in [1.807, 2.05) is 4.90 Å². The van der Waals surface area contributed by atoms with E-state index in [-0.39, 0.29) is 0 Å². The summed E-state index contributed by atoms with van der Waals surface area (Å²) in [5.74, 6) is 0. The summed E-state index contributed by atoms with van der Waals surface area (Å²) in [5, 5.41) is 0. The van der Waals surface area contributed by atoms with Gasteiger partial charge >= 0.3 is 0 Å². The Bertz CT molecular complexity index is 63.9. The van der Waals surface area contributed by atoms with Gasteiger partial charge < -0.3 is 4.74 Å². The molecule has 0 aliphatic heterocycles. The van der Waals surface area contributed by atoms with E-state index in [9.17, 15) is 0 Å². The Morgan fingerprint density at radius 2 is 2.11 bits per heavy atom. The molecule has 0 heterocycles. The summed E-state index contributed by atoms with van der Waals surface area (Å²) in [6.07, 6.45) is 0. The van der Waals surface area contributed by atoms with Gasteiger partial charge in [-0.3, -0.25) is 4.90 Å². The fourth-order valence-corrected chi connectivity index (χ4v) is 0.467. The lowest BCUT2D eigenvalue weighted by atomic mass is 10.3. The summed E-state index contributed by atoms with van der Waals surface area (Å²) in [4.78, 5) is 2.00. The van der Waals surface area contributed by atoms with Crippen molar-refractivity contribution in [1.29, 1.82) is 0 Å². The van der Waals surface area contributed by atoms with Gasteiger partial charge in [-0.15, -0.1) is 0 Å². The van der Waals surface area contributed by atoms with Crippen LogP contribution in [-0.4, -0.2) is 31.2 Å². The van der Waals surface area contributed by atoms with Crippen LogP contribution in [0.25, 0.3) is 0 Å². The first-order chi connectivity index (χ1) is 4.18. The highest BCUT2D eigenvalue weighted by molar-refractivity contribution is 4.58. The van der Waals surface area contributed by atoms with Crippen molar-refractivity contribution in [3.8, 4) is 0 Å². The molecule has 0 saturated carbocycles. The Morgan fingerprint density at radius 3 is 2.44 bits per heavy atom. The molecular formula is C7H16NO. The molecule has 0 amide bonds. The van der Waals surface area contributed by atoms with Crippen LogP contribution in [0, 0.1) is 7.05 Å². The zero-order valence-corrected chi connectivity index (χ0v) is 6.55. The molecule has 0 aliphatic rings. The van der Waals surface area contributed by atoms with Crippen LogP contribution in [0.5, 0.6) is 0 Å². The molecule has 0 atom stereocenters. The molecule has 0 fully saturated rings. The van der Waals surface area contributed by atoms with Crippen LogP contribution in [0.2, 0.25) is 0 Å². The predicted octanol–water partition coefficient (Wildman–Crippen LogP) is 1.13. The van der Waals surface area contributed by atoms with Crippen molar-refractivity contribution >= 4 is 0 Å². The first kappa shape index (κ1) is 8.92. The highest BCUT2D eigenvalue weighted by atomic mass is 16.5. The number of hydrogen-bond donors (Lipinski definition) is 0. The molecule has 0 spiro atoms. The molecule has 0 aromatic heterocycles. The maximum atomic E-state index is 4.88. The normalized spacial score (nSPS) is 11.3. The smallest absolute Gasteiger partial charge is 0.0589 e. The van der Waals surface area contributed by atoms with Gasteiger partial charge in [0.15, 0.2) is 0 Å². The van der Waals surface area contributed by atoms with Gasteiger partial charge in [0.05, 0.1) is 6.61 Å². The molecule has 9 heavy (non-hydrogen) atoms. The van der Waals surface area contributed by atoms with Crippen molar-refractivity contribution < 1.29 is 4.74 Å². The number of rotatable bonds is 4. The quantitative estimate of drug-likeness (QED) is 0.565. The SMILES string of the molecule is [CH2]N(CCOC)C(C)C. The van der Waals surface area contributed by atoms with E-state index in [1.54, 1.807) is 7.11 Å². The molecule has 0 aliphatic carbocycles. The maximum absolute atomic E-state index is 4.88. The zero-order chi connectivity index (χ0) is 7.28. The summed E-state index contributed by atoms with van der Waals surface area (Å²) in [6, 6.07) is 0.514. The average Bonchev–Trinajstić information content (AvgIpc) is 1.82. The molecule has 2 nitrogen and oxygen atoms in total. The van der Waals surface area contributed by atoms with Gasteiger partial charge in [0, 0.05) is 26.7 Å². The second kappa shape index (κ2) is 4.77. The van der Waals surface area contributed by atoms with Crippen LogP contribution >= 0.6 is 0 Å². The third-order valence-electron chi connectivity index (χ3n) is 1.31. The van der Waals surface area contributed by atoms with Gasteiger partial charge in [-0.1, -0.05) is 0 Å². The predicted molar refractivity (Wildman–Crippen MR) is 39.1 cm³/mol. The number of nitrogens with zero attached hydrogens (tertiary/aromatic N) is 1. The van der Waals surface area contributed by atoms with E-state index >= 15 is 0 Å². The number of methoxy groups -OCH3 is 1. The van der Waals surface area contributed by atoms with Gasteiger partial charge in [-0.25, -0.2) is 0 Å². The van der Waals surface area contributed by atoms with Crippen LogP contribution in [0.1, 0.15) is 13.8 Å². The standard InChI is InChI=1S/C7H16NO/c1-7(2)8(3)5-6-9-4/h7H,3,5-6H2,1-2,4H3. The van der Waals surface area contributed by atoms with Crippen LogP contribution in [-0.2, 0) is 4.74 Å². The summed E-state index contributed by atoms with van der Waals surface area (Å²) >= 11 is 0. The average molecular weight is 130 g/mol. The number of ether oxygens (including phenoxy) is 1. The molecule has 0 unspecified atom stereocenters. The van der Waals surface area contributed by atoms with Crippen molar-refractivity contribution in [3.05, 3.63) is 7.05 Å². The van der Waals surface area contributed by atoms with E-state index in [0.29, 0.717) is 6.04 Å². The highest BCUT2D eigenvalue weighted by Gasteiger charge is 2.00. The summed E-state index contributed by atoms with van der Waals surface area (Å²) < 4.78 is 4.88. The Balaban J connectivity index is 3.16. The third kappa shape index (κ3) is 4.43. The monoisotopic (exact) mass is 130 g/mol. The Kier molecular flexibility index (Phi) is 4.72. The first-order valence-corrected chi connectivity index (χ1v) is 3.24. The summed E-state index contributed by atoms with van der Waals surface area (Å²) in [5.41, 5.74) is 0. The van der Waals surface area contributed by atoms with Gasteiger partial charge in [0.2, 0.25) is 0 Å². The van der Waals surface area contributed by atoms with E-state index in [0.717, 1.165) is 13.2 Å². The molecule has 0 bridgehead atoms. The van der Waals surface area contributed by atoms with Crippen molar-refractivity contribution in [2.75, 3.05) is 20.3 Å². The van der Waals surface area contributed by atoms with E-state index < -0.39 is 0 Å². The fraction of sp³-hybridized carbons (Fsp3) is 0.857. The van der Waals surface area contributed by atoms with E-state index in [1.165, 1.54) is 0 Å². The first-order valence-electron chi connectivity index (χ1n) is 3.24. The van der Waals surface area contributed by atoms with Crippen LogP contribution in [0.4, 0.5) is 0 Å². The second-order valence-corrected chi connectivity index (χ2v) is 2.40. The largest absolute Gasteiger partial charge is 0.383 e. The van der Waals surface area contributed by atoms with Gasteiger partial charge in [0.1, 0.15) is 0 Å². The zero-order valence-electron chi connectivity index (χ0n) is 6.55. The molecule has 0 rings (SSSR count). The summed E-state index contributed by atoms with van der Waals surface area (Å²) in [6.45, 7) is 5.90. The molecule has 2 heteroatoms. The minimum absolute atomic E-state index is 0.514.